The van der Waals surface area contributed by atoms with E-state index < -0.39 is 0 Å². The number of halogens is 1. The molecule has 1 heterocycles. The van der Waals surface area contributed by atoms with E-state index in [1.807, 2.05) is 36.9 Å². The Labute approximate surface area is 113 Å². The van der Waals surface area contributed by atoms with E-state index in [1.54, 1.807) is 0 Å². The van der Waals surface area contributed by atoms with Gasteiger partial charge < -0.3 is 10.2 Å². The van der Waals surface area contributed by atoms with Crippen LogP contribution in [0.15, 0.2) is 18.2 Å². The van der Waals surface area contributed by atoms with Gasteiger partial charge in [0.2, 0.25) is 5.91 Å². The number of amides is 1. The molecule has 0 aliphatic carbocycles. The van der Waals surface area contributed by atoms with Crippen LogP contribution < -0.4 is 10.2 Å². The van der Waals surface area contributed by atoms with Crippen LogP contribution in [-0.2, 0) is 4.79 Å². The van der Waals surface area contributed by atoms with Gasteiger partial charge in [0.15, 0.2) is 0 Å². The average Bonchev–Trinajstić information content (AvgIpc) is 2.42. The van der Waals surface area contributed by atoms with Gasteiger partial charge in [-0.2, -0.15) is 0 Å². The molecular formula is C14H19ClN2O. The molecule has 0 saturated carbocycles. The fourth-order valence-electron chi connectivity index (χ4n) is 2.40. The molecule has 2 atom stereocenters. The fraction of sp³-hybridized carbons (Fsp3) is 0.500. The molecular weight excluding hydrogens is 248 g/mol. The van der Waals surface area contributed by atoms with Crippen molar-refractivity contribution in [3.05, 3.63) is 28.8 Å². The van der Waals surface area contributed by atoms with Crippen LogP contribution in [0.3, 0.4) is 0 Å². The predicted molar refractivity (Wildman–Crippen MR) is 75.2 cm³/mol. The van der Waals surface area contributed by atoms with Crippen LogP contribution in [0.1, 0.15) is 25.8 Å². The molecule has 1 saturated heterocycles. The summed E-state index contributed by atoms with van der Waals surface area (Å²) in [7, 11) is 0. The molecule has 1 fully saturated rings. The summed E-state index contributed by atoms with van der Waals surface area (Å²) in [5.74, 6) is 0.130. The van der Waals surface area contributed by atoms with Gasteiger partial charge >= 0.3 is 0 Å². The van der Waals surface area contributed by atoms with Crippen LogP contribution in [0.2, 0.25) is 5.02 Å². The highest BCUT2D eigenvalue weighted by Gasteiger charge is 2.29. The molecule has 1 amide bonds. The normalized spacial score (nSPS) is 25.1. The first-order valence-electron chi connectivity index (χ1n) is 6.33. The third kappa shape index (κ3) is 2.52. The molecule has 4 heteroatoms. The van der Waals surface area contributed by atoms with Crippen LogP contribution in [-0.4, -0.2) is 24.5 Å². The molecule has 0 spiro atoms. The SMILES string of the molecule is Cc1cc(Cl)ccc1N1C(=O)C(C)NCCC1C. The van der Waals surface area contributed by atoms with E-state index in [2.05, 4.69) is 12.2 Å². The van der Waals surface area contributed by atoms with E-state index in [0.717, 1.165) is 24.2 Å². The second-order valence-corrected chi connectivity index (χ2v) is 5.39. The maximum absolute atomic E-state index is 12.4. The number of nitrogens with one attached hydrogen (secondary N) is 1. The number of anilines is 1. The number of carbonyl (C=O) groups excluding carboxylic acids is 1. The highest BCUT2D eigenvalue weighted by Crippen LogP contribution is 2.27. The monoisotopic (exact) mass is 266 g/mol. The van der Waals surface area contributed by atoms with Crippen LogP contribution >= 0.6 is 11.6 Å². The maximum Gasteiger partial charge on any atom is 0.244 e. The van der Waals surface area contributed by atoms with Crippen molar-refractivity contribution in [2.75, 3.05) is 11.4 Å². The average molecular weight is 267 g/mol. The number of hydrogen-bond donors (Lipinski definition) is 1. The lowest BCUT2D eigenvalue weighted by Crippen LogP contribution is -2.44. The van der Waals surface area contributed by atoms with Crippen molar-refractivity contribution >= 4 is 23.2 Å². The minimum absolute atomic E-state index is 0.130. The molecule has 98 valence electrons. The van der Waals surface area contributed by atoms with Crippen LogP contribution in [0, 0.1) is 6.92 Å². The molecule has 2 unspecified atom stereocenters. The zero-order valence-corrected chi connectivity index (χ0v) is 11.8. The van der Waals surface area contributed by atoms with Gasteiger partial charge in [-0.05, 0) is 57.5 Å². The zero-order chi connectivity index (χ0) is 13.3. The summed E-state index contributed by atoms with van der Waals surface area (Å²) >= 11 is 5.97. The first kappa shape index (κ1) is 13.4. The molecule has 0 bridgehead atoms. The Morgan fingerprint density at radius 2 is 2.11 bits per heavy atom. The summed E-state index contributed by atoms with van der Waals surface area (Å²) in [5, 5.41) is 3.94. The van der Waals surface area contributed by atoms with Gasteiger partial charge in [-0.1, -0.05) is 11.6 Å². The first-order chi connectivity index (χ1) is 8.50. The minimum atomic E-state index is -0.134. The molecule has 1 aliphatic rings. The van der Waals surface area contributed by atoms with E-state index in [9.17, 15) is 4.79 Å². The molecule has 18 heavy (non-hydrogen) atoms. The highest BCUT2D eigenvalue weighted by molar-refractivity contribution is 6.30. The number of benzene rings is 1. The molecule has 0 radical (unpaired) electrons. The largest absolute Gasteiger partial charge is 0.308 e. The van der Waals surface area contributed by atoms with E-state index in [0.29, 0.717) is 5.02 Å². The molecule has 1 aromatic rings. The summed E-state index contributed by atoms with van der Waals surface area (Å²) in [6.45, 7) is 6.87. The molecule has 1 aliphatic heterocycles. The Morgan fingerprint density at radius 1 is 1.39 bits per heavy atom. The topological polar surface area (TPSA) is 32.3 Å². The summed E-state index contributed by atoms with van der Waals surface area (Å²) < 4.78 is 0. The Morgan fingerprint density at radius 3 is 2.78 bits per heavy atom. The minimum Gasteiger partial charge on any atom is -0.308 e. The zero-order valence-electron chi connectivity index (χ0n) is 11.0. The van der Waals surface area contributed by atoms with Gasteiger partial charge in [0.05, 0.1) is 6.04 Å². The number of nitrogens with zero attached hydrogens (tertiary/aromatic N) is 1. The molecule has 1 aromatic carbocycles. The van der Waals surface area contributed by atoms with E-state index in [1.165, 1.54) is 0 Å². The smallest absolute Gasteiger partial charge is 0.244 e. The lowest BCUT2D eigenvalue weighted by Gasteiger charge is -2.30. The van der Waals surface area contributed by atoms with Gasteiger partial charge in [-0.15, -0.1) is 0 Å². The highest BCUT2D eigenvalue weighted by atomic mass is 35.5. The van der Waals surface area contributed by atoms with Crippen LogP contribution in [0.5, 0.6) is 0 Å². The first-order valence-corrected chi connectivity index (χ1v) is 6.71. The van der Waals surface area contributed by atoms with E-state index in [4.69, 9.17) is 11.6 Å². The number of carbonyl (C=O) groups is 1. The quantitative estimate of drug-likeness (QED) is 0.848. The standard InChI is InChI=1S/C14H19ClN2O/c1-9-8-12(15)4-5-13(9)17-10(2)6-7-16-11(3)14(17)18/h4-5,8,10-11,16H,6-7H2,1-3H3. The summed E-state index contributed by atoms with van der Waals surface area (Å²) in [4.78, 5) is 14.3. The van der Waals surface area contributed by atoms with Gasteiger partial charge in [0, 0.05) is 16.8 Å². The summed E-state index contributed by atoms with van der Waals surface area (Å²) in [5.41, 5.74) is 2.00. The Balaban J connectivity index is 2.41. The van der Waals surface area contributed by atoms with Crippen molar-refractivity contribution in [2.24, 2.45) is 0 Å². The van der Waals surface area contributed by atoms with Crippen LogP contribution in [0.25, 0.3) is 0 Å². The van der Waals surface area contributed by atoms with Crippen molar-refractivity contribution < 1.29 is 4.79 Å². The predicted octanol–water partition coefficient (Wildman–Crippen LogP) is 2.75. The fourth-order valence-corrected chi connectivity index (χ4v) is 2.62. The van der Waals surface area contributed by atoms with E-state index in [-0.39, 0.29) is 18.0 Å². The number of hydrogen-bond acceptors (Lipinski definition) is 2. The molecule has 0 aromatic heterocycles. The Hall–Kier alpha value is -1.06. The third-order valence-corrected chi connectivity index (χ3v) is 3.71. The van der Waals surface area contributed by atoms with E-state index >= 15 is 0 Å². The number of rotatable bonds is 1. The number of aryl methyl sites for hydroxylation is 1. The lowest BCUT2D eigenvalue weighted by atomic mass is 10.1. The maximum atomic E-state index is 12.4. The van der Waals surface area contributed by atoms with Crippen LogP contribution in [0.4, 0.5) is 5.69 Å². The van der Waals surface area contributed by atoms with Crippen molar-refractivity contribution in [1.82, 2.24) is 5.32 Å². The van der Waals surface area contributed by atoms with Gasteiger partial charge in [-0.25, -0.2) is 0 Å². The molecule has 2 rings (SSSR count). The van der Waals surface area contributed by atoms with Crippen molar-refractivity contribution in [2.45, 2.75) is 39.3 Å². The Kier molecular flexibility index (Phi) is 3.93. The third-order valence-electron chi connectivity index (χ3n) is 3.48. The second kappa shape index (κ2) is 5.29. The molecule has 3 nitrogen and oxygen atoms in total. The van der Waals surface area contributed by atoms with Gasteiger partial charge in [-0.3, -0.25) is 4.79 Å². The second-order valence-electron chi connectivity index (χ2n) is 4.95. The van der Waals surface area contributed by atoms with Crippen molar-refractivity contribution in [1.29, 1.82) is 0 Å². The van der Waals surface area contributed by atoms with Crippen molar-refractivity contribution in [3.8, 4) is 0 Å². The van der Waals surface area contributed by atoms with Gasteiger partial charge in [0.25, 0.3) is 0 Å². The van der Waals surface area contributed by atoms with Crippen molar-refractivity contribution in [3.63, 3.8) is 0 Å². The Bertz CT molecular complexity index is 461. The molecule has 1 N–H and O–H groups in total. The lowest BCUT2D eigenvalue weighted by molar-refractivity contribution is -0.120. The summed E-state index contributed by atoms with van der Waals surface area (Å²) in [6.07, 6.45) is 0.956. The summed E-state index contributed by atoms with van der Waals surface area (Å²) in [6, 6.07) is 5.75. The van der Waals surface area contributed by atoms with Gasteiger partial charge in [0.1, 0.15) is 0 Å².